The van der Waals surface area contributed by atoms with Gasteiger partial charge in [0, 0.05) is 11.9 Å². The number of aromatic nitrogens is 4. The second-order valence-electron chi connectivity index (χ2n) is 3.51. The number of hydrogen-bond donors (Lipinski definition) is 2. The van der Waals surface area contributed by atoms with Crippen molar-refractivity contribution in [3.63, 3.8) is 0 Å². The van der Waals surface area contributed by atoms with Crippen molar-refractivity contribution in [1.29, 1.82) is 0 Å². The van der Waals surface area contributed by atoms with Crippen LogP contribution >= 0.6 is 11.6 Å². The molecule has 0 spiro atoms. The van der Waals surface area contributed by atoms with Gasteiger partial charge in [0.05, 0.1) is 0 Å². The van der Waals surface area contributed by atoms with Gasteiger partial charge in [-0.05, 0) is 25.5 Å². The fraction of sp³-hybridized carbons (Fsp3) is 0.444. The van der Waals surface area contributed by atoms with Crippen LogP contribution in [0, 0.1) is 0 Å². The molecule has 0 saturated heterocycles. The first-order valence-corrected chi connectivity index (χ1v) is 5.43. The number of halogens is 1. The molecule has 0 aliphatic rings. The van der Waals surface area contributed by atoms with Crippen LogP contribution in [0.5, 0.6) is 0 Å². The zero-order chi connectivity index (χ0) is 11.5. The van der Waals surface area contributed by atoms with Crippen LogP contribution in [0.4, 0.5) is 5.82 Å². The van der Waals surface area contributed by atoms with E-state index in [9.17, 15) is 4.79 Å². The minimum atomic E-state index is -0.343. The van der Waals surface area contributed by atoms with Crippen LogP contribution in [0.3, 0.4) is 0 Å². The summed E-state index contributed by atoms with van der Waals surface area (Å²) in [7, 11) is 0. The standard InChI is InChI=1S/C9H12ClN5O/c1-6(10)4-5-11-7-2-3-8-12-13-9(16)15(8)14-7/h2-3,6H,4-5H2,1H3,(H,11,14)(H,13,16). The van der Waals surface area contributed by atoms with Gasteiger partial charge in [0.15, 0.2) is 5.65 Å². The lowest BCUT2D eigenvalue weighted by molar-refractivity contribution is 0.823. The summed E-state index contributed by atoms with van der Waals surface area (Å²) in [6.45, 7) is 2.65. The predicted molar refractivity (Wildman–Crippen MR) is 62.0 cm³/mol. The highest BCUT2D eigenvalue weighted by molar-refractivity contribution is 6.20. The van der Waals surface area contributed by atoms with Crippen molar-refractivity contribution in [3.05, 3.63) is 22.6 Å². The molecule has 2 N–H and O–H groups in total. The Morgan fingerprint density at radius 2 is 2.44 bits per heavy atom. The van der Waals surface area contributed by atoms with Gasteiger partial charge in [-0.25, -0.2) is 9.89 Å². The Bertz CT molecular complexity index is 532. The maximum Gasteiger partial charge on any atom is 0.364 e. The molecule has 2 aromatic heterocycles. The van der Waals surface area contributed by atoms with Crippen molar-refractivity contribution >= 4 is 23.1 Å². The fourth-order valence-corrected chi connectivity index (χ4v) is 1.41. The van der Waals surface area contributed by atoms with Crippen molar-refractivity contribution in [2.45, 2.75) is 18.7 Å². The molecule has 0 aromatic carbocycles. The molecule has 86 valence electrons. The number of aromatic amines is 1. The van der Waals surface area contributed by atoms with Gasteiger partial charge in [-0.15, -0.1) is 16.7 Å². The number of rotatable bonds is 4. The molecule has 0 aliphatic carbocycles. The van der Waals surface area contributed by atoms with E-state index in [1.54, 1.807) is 12.1 Å². The maximum atomic E-state index is 11.2. The monoisotopic (exact) mass is 241 g/mol. The van der Waals surface area contributed by atoms with Crippen molar-refractivity contribution in [1.82, 2.24) is 19.8 Å². The summed E-state index contributed by atoms with van der Waals surface area (Å²) in [4.78, 5) is 11.2. The van der Waals surface area contributed by atoms with E-state index in [2.05, 4.69) is 20.6 Å². The first-order valence-electron chi connectivity index (χ1n) is 4.99. The Labute approximate surface area is 96.6 Å². The summed E-state index contributed by atoms with van der Waals surface area (Å²) in [6.07, 6.45) is 0.835. The van der Waals surface area contributed by atoms with E-state index in [4.69, 9.17) is 11.6 Å². The molecular weight excluding hydrogens is 230 g/mol. The third kappa shape index (κ3) is 2.33. The molecule has 0 amide bonds. The van der Waals surface area contributed by atoms with Gasteiger partial charge in [-0.2, -0.15) is 9.61 Å². The Morgan fingerprint density at radius 1 is 1.62 bits per heavy atom. The molecule has 2 heterocycles. The van der Waals surface area contributed by atoms with Crippen LogP contribution in [-0.4, -0.2) is 31.7 Å². The van der Waals surface area contributed by atoms with E-state index in [1.807, 2.05) is 6.92 Å². The largest absolute Gasteiger partial charge is 0.369 e. The first kappa shape index (κ1) is 10.9. The van der Waals surface area contributed by atoms with Gasteiger partial charge in [0.25, 0.3) is 0 Å². The third-order valence-corrected chi connectivity index (χ3v) is 2.34. The van der Waals surface area contributed by atoms with Gasteiger partial charge < -0.3 is 5.32 Å². The minimum absolute atomic E-state index is 0.118. The second kappa shape index (κ2) is 4.52. The van der Waals surface area contributed by atoms with E-state index >= 15 is 0 Å². The van der Waals surface area contributed by atoms with Crippen LogP contribution < -0.4 is 11.0 Å². The molecule has 0 saturated carbocycles. The number of anilines is 1. The van der Waals surface area contributed by atoms with Gasteiger partial charge in [0.1, 0.15) is 5.82 Å². The topological polar surface area (TPSA) is 75.1 Å². The summed E-state index contributed by atoms with van der Waals surface area (Å²) >= 11 is 5.82. The summed E-state index contributed by atoms with van der Waals surface area (Å²) in [6, 6.07) is 3.49. The van der Waals surface area contributed by atoms with Gasteiger partial charge >= 0.3 is 5.69 Å². The SMILES string of the molecule is CC(Cl)CCNc1ccc2n[nH]c(=O)n2n1. The molecule has 1 atom stereocenters. The predicted octanol–water partition coefficient (Wildman–Crippen LogP) is 0.847. The molecule has 0 bridgehead atoms. The Hall–Kier alpha value is -1.56. The number of nitrogens with one attached hydrogen (secondary N) is 2. The summed E-state index contributed by atoms with van der Waals surface area (Å²) in [5.41, 5.74) is 0.158. The summed E-state index contributed by atoms with van der Waals surface area (Å²) < 4.78 is 1.21. The zero-order valence-electron chi connectivity index (χ0n) is 8.77. The zero-order valence-corrected chi connectivity index (χ0v) is 9.53. The molecule has 0 aliphatic heterocycles. The van der Waals surface area contributed by atoms with Crippen LogP contribution in [0.15, 0.2) is 16.9 Å². The molecule has 6 nitrogen and oxygen atoms in total. The molecule has 0 fully saturated rings. The molecule has 0 radical (unpaired) electrons. The van der Waals surface area contributed by atoms with E-state index < -0.39 is 0 Å². The lowest BCUT2D eigenvalue weighted by atomic mass is 10.3. The molecule has 16 heavy (non-hydrogen) atoms. The van der Waals surface area contributed by atoms with Crippen molar-refractivity contribution in [2.75, 3.05) is 11.9 Å². The molecule has 2 aromatic rings. The summed E-state index contributed by atoms with van der Waals surface area (Å²) in [5.74, 6) is 0.633. The minimum Gasteiger partial charge on any atom is -0.369 e. The Kier molecular flexibility index (Phi) is 3.09. The van der Waals surface area contributed by atoms with Gasteiger partial charge in [-0.3, -0.25) is 0 Å². The van der Waals surface area contributed by atoms with Crippen molar-refractivity contribution in [2.24, 2.45) is 0 Å². The molecule has 2 rings (SSSR count). The van der Waals surface area contributed by atoms with E-state index in [-0.39, 0.29) is 11.1 Å². The summed E-state index contributed by atoms with van der Waals surface area (Å²) in [5, 5.41) is 13.4. The van der Waals surface area contributed by atoms with Gasteiger partial charge in [-0.1, -0.05) is 0 Å². The van der Waals surface area contributed by atoms with Crippen LogP contribution in [0.25, 0.3) is 5.65 Å². The smallest absolute Gasteiger partial charge is 0.364 e. The van der Waals surface area contributed by atoms with Crippen molar-refractivity contribution < 1.29 is 0 Å². The van der Waals surface area contributed by atoms with Crippen LogP contribution in [0.2, 0.25) is 0 Å². The van der Waals surface area contributed by atoms with Crippen LogP contribution in [-0.2, 0) is 0 Å². The fourth-order valence-electron chi connectivity index (χ4n) is 1.30. The highest BCUT2D eigenvalue weighted by atomic mass is 35.5. The lowest BCUT2D eigenvalue weighted by Crippen LogP contribution is -2.15. The van der Waals surface area contributed by atoms with E-state index in [0.29, 0.717) is 11.5 Å². The van der Waals surface area contributed by atoms with Crippen LogP contribution in [0.1, 0.15) is 13.3 Å². The average molecular weight is 242 g/mol. The van der Waals surface area contributed by atoms with E-state index in [0.717, 1.165) is 13.0 Å². The molecular formula is C9H12ClN5O. The highest BCUT2D eigenvalue weighted by Crippen LogP contribution is 2.04. The normalized spacial score (nSPS) is 12.9. The number of nitrogens with zero attached hydrogens (tertiary/aromatic N) is 3. The first-order chi connectivity index (χ1) is 7.66. The van der Waals surface area contributed by atoms with Gasteiger partial charge in [0.2, 0.25) is 0 Å². The second-order valence-corrected chi connectivity index (χ2v) is 4.26. The number of fused-ring (bicyclic) bond motifs is 1. The van der Waals surface area contributed by atoms with E-state index in [1.165, 1.54) is 4.52 Å². The van der Waals surface area contributed by atoms with Crippen molar-refractivity contribution in [3.8, 4) is 0 Å². The Balaban J connectivity index is 2.13. The number of alkyl halides is 1. The maximum absolute atomic E-state index is 11.2. The Morgan fingerprint density at radius 3 is 3.19 bits per heavy atom. The molecule has 1 unspecified atom stereocenters. The number of H-pyrrole nitrogens is 1. The highest BCUT2D eigenvalue weighted by Gasteiger charge is 2.02. The lowest BCUT2D eigenvalue weighted by Gasteiger charge is -2.05. The molecule has 7 heteroatoms. The number of hydrogen-bond acceptors (Lipinski definition) is 4. The average Bonchev–Trinajstić information content (AvgIpc) is 2.60. The third-order valence-electron chi connectivity index (χ3n) is 2.12. The quantitative estimate of drug-likeness (QED) is 0.778.